The molecule has 31 heavy (non-hydrogen) atoms. The molecule has 0 aliphatic rings. The maximum absolute atomic E-state index is 12.3. The van der Waals surface area contributed by atoms with Gasteiger partial charge in [0, 0.05) is 24.5 Å². The Kier molecular flexibility index (Phi) is 10.8. The van der Waals surface area contributed by atoms with Gasteiger partial charge in [0.05, 0.1) is 0 Å². The molecular weight excluding hydrogens is 380 g/mol. The molecule has 1 heterocycles. The van der Waals surface area contributed by atoms with Gasteiger partial charge in [-0.2, -0.15) is 0 Å². The first-order valence-corrected chi connectivity index (χ1v) is 11.7. The van der Waals surface area contributed by atoms with E-state index in [2.05, 4.69) is 74.4 Å². The van der Waals surface area contributed by atoms with Gasteiger partial charge in [-0.05, 0) is 73.3 Å². The first-order chi connectivity index (χ1) is 15.0. The normalized spacial score (nSPS) is 13.0. The highest BCUT2D eigenvalue weighted by molar-refractivity contribution is 5.88. The molecule has 1 N–H and O–H groups in total. The van der Waals surface area contributed by atoms with Crippen LogP contribution in [-0.2, 0) is 11.2 Å². The molecule has 0 aliphatic heterocycles. The molecule has 1 aromatic carbocycles. The van der Waals surface area contributed by atoms with E-state index in [1.807, 2.05) is 18.3 Å². The van der Waals surface area contributed by atoms with Crippen molar-refractivity contribution < 1.29 is 4.79 Å². The molecule has 0 aliphatic carbocycles. The molecule has 1 amide bonds. The van der Waals surface area contributed by atoms with Crippen molar-refractivity contribution in [3.8, 4) is 0 Å². The summed E-state index contributed by atoms with van der Waals surface area (Å²) in [6, 6.07) is 13.0. The van der Waals surface area contributed by atoms with Crippen molar-refractivity contribution in [2.45, 2.75) is 78.2 Å². The number of nitrogens with zero attached hydrogens (tertiary/aromatic N) is 1. The number of amides is 1. The summed E-state index contributed by atoms with van der Waals surface area (Å²) in [6.07, 6.45) is 15.6. The van der Waals surface area contributed by atoms with E-state index in [1.165, 1.54) is 22.3 Å². The van der Waals surface area contributed by atoms with Crippen molar-refractivity contribution >= 4 is 11.5 Å². The van der Waals surface area contributed by atoms with E-state index >= 15 is 0 Å². The van der Waals surface area contributed by atoms with E-state index in [1.54, 1.807) is 12.3 Å². The Balaban J connectivity index is 1.87. The fraction of sp³-hybridized carbons (Fsp3) is 0.429. The molecule has 0 saturated heterocycles. The second kappa shape index (κ2) is 13.6. The average molecular weight is 419 g/mol. The van der Waals surface area contributed by atoms with Crippen molar-refractivity contribution in [3.05, 3.63) is 83.7 Å². The molecule has 3 heteroatoms. The van der Waals surface area contributed by atoms with E-state index < -0.39 is 0 Å². The van der Waals surface area contributed by atoms with Crippen LogP contribution in [0.3, 0.4) is 0 Å². The molecule has 3 nitrogen and oxygen atoms in total. The third-order valence-corrected chi connectivity index (χ3v) is 5.51. The van der Waals surface area contributed by atoms with Gasteiger partial charge in [-0.15, -0.1) is 0 Å². The lowest BCUT2D eigenvalue weighted by molar-refractivity contribution is -0.117. The van der Waals surface area contributed by atoms with Crippen molar-refractivity contribution in [1.82, 2.24) is 10.3 Å². The van der Waals surface area contributed by atoms with Crippen LogP contribution in [0.2, 0.25) is 0 Å². The van der Waals surface area contributed by atoms with E-state index in [-0.39, 0.29) is 11.9 Å². The molecule has 0 unspecified atom stereocenters. The zero-order valence-electron chi connectivity index (χ0n) is 19.6. The fourth-order valence-electron chi connectivity index (χ4n) is 3.55. The van der Waals surface area contributed by atoms with Gasteiger partial charge in [0.15, 0.2) is 0 Å². The van der Waals surface area contributed by atoms with Gasteiger partial charge in [-0.1, -0.05) is 69.7 Å². The standard InChI is InChI=1S/C28H38N2O/c1-5-6-13-26(27-18-16-25(17-19-27)22(2)3)14-8-15-28(31)30-23(4)10-7-11-24-12-9-20-29-21-24/h8-9,12,14-23H,5-7,10-11,13H2,1-4H3,(H,30,31)/b15-8+,26-14+/t23-/m1/s1. The number of carbonyl (C=O) groups is 1. The summed E-state index contributed by atoms with van der Waals surface area (Å²) >= 11 is 0. The van der Waals surface area contributed by atoms with E-state index in [4.69, 9.17) is 0 Å². The fourth-order valence-corrected chi connectivity index (χ4v) is 3.55. The summed E-state index contributed by atoms with van der Waals surface area (Å²) in [5, 5.41) is 3.07. The number of hydrogen-bond acceptors (Lipinski definition) is 2. The lowest BCUT2D eigenvalue weighted by atomic mass is 9.96. The first kappa shape index (κ1) is 24.6. The van der Waals surface area contributed by atoms with Crippen LogP contribution >= 0.6 is 0 Å². The second-order valence-electron chi connectivity index (χ2n) is 8.59. The van der Waals surface area contributed by atoms with Crippen LogP contribution in [0.5, 0.6) is 0 Å². The van der Waals surface area contributed by atoms with Crippen LogP contribution in [0.1, 0.15) is 82.4 Å². The Morgan fingerprint density at radius 2 is 1.87 bits per heavy atom. The summed E-state index contributed by atoms with van der Waals surface area (Å²) in [5.74, 6) is 0.502. The number of pyridine rings is 1. The number of aromatic nitrogens is 1. The number of allylic oxidation sites excluding steroid dienone is 3. The molecule has 0 saturated carbocycles. The van der Waals surface area contributed by atoms with E-state index in [0.29, 0.717) is 5.92 Å². The highest BCUT2D eigenvalue weighted by Gasteiger charge is 2.06. The van der Waals surface area contributed by atoms with Crippen molar-refractivity contribution in [2.75, 3.05) is 0 Å². The Bertz CT molecular complexity index is 835. The highest BCUT2D eigenvalue weighted by atomic mass is 16.1. The number of carbonyl (C=O) groups excluding carboxylic acids is 1. The molecule has 2 rings (SSSR count). The van der Waals surface area contributed by atoms with E-state index in [9.17, 15) is 4.79 Å². The van der Waals surface area contributed by atoms with Crippen molar-refractivity contribution in [2.24, 2.45) is 0 Å². The van der Waals surface area contributed by atoms with Crippen LogP contribution in [0.15, 0.2) is 67.0 Å². The van der Waals surface area contributed by atoms with Crippen LogP contribution < -0.4 is 5.32 Å². The summed E-state index contributed by atoms with van der Waals surface area (Å²) < 4.78 is 0. The highest BCUT2D eigenvalue weighted by Crippen LogP contribution is 2.23. The molecule has 0 radical (unpaired) electrons. The van der Waals surface area contributed by atoms with Gasteiger partial charge < -0.3 is 5.32 Å². The number of benzene rings is 1. The first-order valence-electron chi connectivity index (χ1n) is 11.7. The van der Waals surface area contributed by atoms with Crippen molar-refractivity contribution in [3.63, 3.8) is 0 Å². The minimum absolute atomic E-state index is 0.0323. The van der Waals surface area contributed by atoms with Gasteiger partial charge in [0.2, 0.25) is 5.91 Å². The summed E-state index contributed by atoms with van der Waals surface area (Å²) in [5.41, 5.74) is 5.12. The van der Waals surface area contributed by atoms with Crippen LogP contribution in [0, 0.1) is 0 Å². The van der Waals surface area contributed by atoms with Crippen molar-refractivity contribution in [1.29, 1.82) is 0 Å². The number of hydrogen-bond donors (Lipinski definition) is 1. The third-order valence-electron chi connectivity index (χ3n) is 5.51. The molecule has 1 aromatic heterocycles. The third kappa shape index (κ3) is 9.33. The monoisotopic (exact) mass is 418 g/mol. The predicted molar refractivity (Wildman–Crippen MR) is 132 cm³/mol. The predicted octanol–water partition coefficient (Wildman–Crippen LogP) is 6.86. The quantitative estimate of drug-likeness (QED) is 0.302. The molecular formula is C28H38N2O. The zero-order valence-corrected chi connectivity index (χ0v) is 19.6. The Labute approximate surface area is 188 Å². The summed E-state index contributed by atoms with van der Waals surface area (Å²) in [7, 11) is 0. The SMILES string of the molecule is CCCC/C(=C\C=C\C(=O)N[C@H](C)CCCc1cccnc1)c1ccc(C(C)C)cc1. The average Bonchev–Trinajstić information content (AvgIpc) is 2.77. The number of unbranched alkanes of at least 4 members (excludes halogenated alkanes) is 1. The lowest BCUT2D eigenvalue weighted by Crippen LogP contribution is -2.31. The van der Waals surface area contributed by atoms with Gasteiger partial charge in [0.1, 0.15) is 0 Å². The molecule has 0 spiro atoms. The summed E-state index contributed by atoms with van der Waals surface area (Å²) in [6.45, 7) is 8.69. The Hall–Kier alpha value is -2.68. The second-order valence-corrected chi connectivity index (χ2v) is 8.59. The van der Waals surface area contributed by atoms with Gasteiger partial charge >= 0.3 is 0 Å². The molecule has 2 aromatic rings. The lowest BCUT2D eigenvalue weighted by Gasteiger charge is -2.12. The minimum Gasteiger partial charge on any atom is -0.350 e. The smallest absolute Gasteiger partial charge is 0.244 e. The number of rotatable bonds is 12. The maximum Gasteiger partial charge on any atom is 0.244 e. The maximum atomic E-state index is 12.3. The van der Waals surface area contributed by atoms with Gasteiger partial charge in [-0.25, -0.2) is 0 Å². The number of nitrogens with one attached hydrogen (secondary N) is 1. The number of aryl methyl sites for hydroxylation is 1. The largest absolute Gasteiger partial charge is 0.350 e. The van der Waals surface area contributed by atoms with E-state index in [0.717, 1.165) is 38.5 Å². The summed E-state index contributed by atoms with van der Waals surface area (Å²) in [4.78, 5) is 16.4. The molecule has 1 atom stereocenters. The topological polar surface area (TPSA) is 42.0 Å². The zero-order chi connectivity index (χ0) is 22.5. The van der Waals surface area contributed by atoms with Crippen LogP contribution in [0.4, 0.5) is 0 Å². The molecule has 166 valence electrons. The van der Waals surface area contributed by atoms with Crippen LogP contribution in [-0.4, -0.2) is 16.9 Å². The van der Waals surface area contributed by atoms with Crippen LogP contribution in [0.25, 0.3) is 5.57 Å². The Morgan fingerprint density at radius 3 is 2.52 bits per heavy atom. The van der Waals surface area contributed by atoms with Gasteiger partial charge in [0.25, 0.3) is 0 Å². The molecule has 0 bridgehead atoms. The van der Waals surface area contributed by atoms with Gasteiger partial charge in [-0.3, -0.25) is 9.78 Å². The minimum atomic E-state index is -0.0323. The Morgan fingerprint density at radius 1 is 1.10 bits per heavy atom. The molecule has 0 fully saturated rings.